The van der Waals surface area contributed by atoms with Crippen molar-refractivity contribution in [2.75, 3.05) is 29.6 Å². The summed E-state index contributed by atoms with van der Waals surface area (Å²) in [6.45, 7) is -1.26. The van der Waals surface area contributed by atoms with Gasteiger partial charge < -0.3 is 77.0 Å². The molecule has 2 aliphatic heterocycles. The number of hydrogen-bond acceptors (Lipinski definition) is 13. The summed E-state index contributed by atoms with van der Waals surface area (Å²) in [7, 11) is 0. The summed E-state index contributed by atoms with van der Waals surface area (Å²) in [5.74, 6) is 0. The monoisotopic (exact) mass is 789 g/mol. The van der Waals surface area contributed by atoms with E-state index in [1.54, 1.807) is 48.5 Å². The molecule has 13 N–H and O–H groups in total. The molecule has 0 radical (unpaired) electrons. The number of rotatable bonds is 10. The number of amides is 4. The van der Waals surface area contributed by atoms with Gasteiger partial charge in [0, 0.05) is 35.6 Å². The average Bonchev–Trinajstić information content (AvgIpc) is 3.20. The lowest BCUT2D eigenvalue weighted by Gasteiger charge is -2.46. The molecule has 312 valence electrons. The molecule has 5 unspecified atom stereocenters. The predicted molar refractivity (Wildman–Crippen MR) is 205 cm³/mol. The first-order valence-electron chi connectivity index (χ1n) is 19.6. The molecule has 56 heavy (non-hydrogen) atoms. The lowest BCUT2D eigenvalue weighted by atomic mass is 9.91. The van der Waals surface area contributed by atoms with Gasteiger partial charge >= 0.3 is 12.1 Å². The van der Waals surface area contributed by atoms with Crippen LogP contribution in [0.1, 0.15) is 69.8 Å². The van der Waals surface area contributed by atoms with E-state index < -0.39 is 74.4 Å². The molecule has 2 aromatic carbocycles. The van der Waals surface area contributed by atoms with Crippen molar-refractivity contribution in [1.82, 2.24) is 10.6 Å². The number of aliphatic hydroxyl groups excluding tert-OH is 7. The lowest BCUT2D eigenvalue weighted by Crippen LogP contribution is -2.64. The molecule has 2 saturated heterocycles. The van der Waals surface area contributed by atoms with Gasteiger partial charge in [-0.25, -0.2) is 9.59 Å². The van der Waals surface area contributed by atoms with Crippen LogP contribution in [0.25, 0.3) is 0 Å². The van der Waals surface area contributed by atoms with Crippen LogP contribution in [-0.4, -0.2) is 134 Å². The number of benzene rings is 2. The standard InChI is InChI=1S/C26H40N2O11.C13H19N3O/c29-11-17-20(32)21(33)23(35)25(38-17)39-24-18(12-30)37-16(19(31)22(24)34)10-13-6-8-15(9-7-13)28-26(36)27-14-4-2-1-3-5-14;14-10-6-8-12(9-7-10)16-13(17)15-11-4-2-1-3-5-11/h6-9,14,16-25,29-35H,1-5,10-12H2,(H2,27,28,36);6-9,11H,1-5,14H2,(H2,15,16,17)/t16-,17?,18?,19?,20-,21?,22+,23-,24+,25?;/m0./s1. The molecule has 2 aromatic rings. The first-order valence-corrected chi connectivity index (χ1v) is 19.6. The van der Waals surface area contributed by atoms with E-state index in [-0.39, 0.29) is 24.5 Å². The molecule has 17 heteroatoms. The molecule has 2 heterocycles. The molecule has 10 atom stereocenters. The van der Waals surface area contributed by atoms with E-state index >= 15 is 0 Å². The number of carbonyl (C=O) groups excluding carboxylic acids is 2. The van der Waals surface area contributed by atoms with Crippen LogP contribution in [0.5, 0.6) is 0 Å². The summed E-state index contributed by atoms with van der Waals surface area (Å²) in [6, 6.07) is 14.2. The smallest absolute Gasteiger partial charge is 0.319 e. The maximum atomic E-state index is 12.3. The van der Waals surface area contributed by atoms with Crippen LogP contribution < -0.4 is 27.0 Å². The Labute approximate surface area is 326 Å². The third-order valence-electron chi connectivity index (χ3n) is 10.8. The van der Waals surface area contributed by atoms with Crippen LogP contribution in [0.15, 0.2) is 48.5 Å². The minimum atomic E-state index is -1.72. The Bertz CT molecular complexity index is 1490. The van der Waals surface area contributed by atoms with Crippen LogP contribution in [0.4, 0.5) is 26.7 Å². The van der Waals surface area contributed by atoms with Gasteiger partial charge in [-0.3, -0.25) is 0 Å². The van der Waals surface area contributed by atoms with Gasteiger partial charge in [-0.1, -0.05) is 50.7 Å². The molecule has 0 aromatic heterocycles. The molecule has 4 fully saturated rings. The first kappa shape index (κ1) is 43.5. The van der Waals surface area contributed by atoms with Gasteiger partial charge in [0.25, 0.3) is 0 Å². The minimum Gasteiger partial charge on any atom is -0.399 e. The van der Waals surface area contributed by atoms with Crippen molar-refractivity contribution in [3.05, 3.63) is 54.1 Å². The second-order valence-electron chi connectivity index (χ2n) is 15.1. The summed E-state index contributed by atoms with van der Waals surface area (Å²) in [5.41, 5.74) is 8.39. The molecule has 0 bridgehead atoms. The molecular weight excluding hydrogens is 730 g/mol. The number of nitrogens with one attached hydrogen (secondary N) is 4. The number of nitrogens with two attached hydrogens (primary N) is 1. The quantitative estimate of drug-likeness (QED) is 0.150. The number of anilines is 3. The highest BCUT2D eigenvalue weighted by Crippen LogP contribution is 2.30. The topological polar surface area (TPSA) is 278 Å². The number of hydrogen-bond donors (Lipinski definition) is 12. The molecule has 2 aliphatic carbocycles. The molecule has 0 spiro atoms. The van der Waals surface area contributed by atoms with E-state index in [1.807, 2.05) is 0 Å². The highest BCUT2D eigenvalue weighted by atomic mass is 16.7. The van der Waals surface area contributed by atoms with E-state index in [2.05, 4.69) is 21.3 Å². The average molecular weight is 790 g/mol. The largest absolute Gasteiger partial charge is 0.399 e. The highest BCUT2D eigenvalue weighted by molar-refractivity contribution is 5.90. The fraction of sp³-hybridized carbons (Fsp3) is 0.641. The molecule has 17 nitrogen and oxygen atoms in total. The Hall–Kier alpha value is -3.62. The van der Waals surface area contributed by atoms with E-state index in [0.717, 1.165) is 49.8 Å². The Kier molecular flexibility index (Phi) is 16.5. The minimum absolute atomic E-state index is 0.123. The summed E-state index contributed by atoms with van der Waals surface area (Å²) in [5, 5.41) is 82.6. The Morgan fingerprint density at radius 1 is 0.607 bits per heavy atom. The van der Waals surface area contributed by atoms with Gasteiger partial charge in [-0.2, -0.15) is 0 Å². The van der Waals surface area contributed by atoms with Crippen LogP contribution in [0.2, 0.25) is 0 Å². The van der Waals surface area contributed by atoms with Crippen LogP contribution in [0.3, 0.4) is 0 Å². The Morgan fingerprint density at radius 3 is 1.59 bits per heavy atom. The van der Waals surface area contributed by atoms with Gasteiger partial charge in [-0.05, 0) is 67.6 Å². The van der Waals surface area contributed by atoms with E-state index in [9.17, 15) is 45.3 Å². The SMILES string of the molecule is Nc1ccc(NC(=O)NC2CCCCC2)cc1.O=C(Nc1ccc(C[C@@H]2OC(CO)[C@@H](OC3OC(CO)[C@H](O)C(O)[C@@H]3O)[C@H](O)C2O)cc1)NC1CCCCC1. The van der Waals surface area contributed by atoms with Gasteiger partial charge in [-0.15, -0.1) is 0 Å². The second kappa shape index (κ2) is 21.2. The first-order chi connectivity index (χ1) is 26.9. The number of nitrogen functional groups attached to an aromatic ring is 1. The van der Waals surface area contributed by atoms with Gasteiger partial charge in [0.15, 0.2) is 6.29 Å². The molecule has 4 aliphatic rings. The maximum Gasteiger partial charge on any atom is 0.319 e. The summed E-state index contributed by atoms with van der Waals surface area (Å²) in [6.07, 6.45) is -2.73. The van der Waals surface area contributed by atoms with Crippen molar-refractivity contribution in [2.24, 2.45) is 0 Å². The fourth-order valence-electron chi connectivity index (χ4n) is 7.56. The lowest BCUT2D eigenvalue weighted by molar-refractivity contribution is -0.342. The van der Waals surface area contributed by atoms with Crippen LogP contribution in [-0.2, 0) is 20.6 Å². The molecule has 4 amide bonds. The van der Waals surface area contributed by atoms with Crippen molar-refractivity contribution in [3.8, 4) is 0 Å². The Morgan fingerprint density at radius 2 is 1.09 bits per heavy atom. The fourth-order valence-corrected chi connectivity index (χ4v) is 7.56. The number of urea groups is 2. The van der Waals surface area contributed by atoms with Crippen molar-refractivity contribution >= 4 is 29.1 Å². The third kappa shape index (κ3) is 12.2. The maximum absolute atomic E-state index is 12.3. The van der Waals surface area contributed by atoms with E-state index in [0.29, 0.717) is 17.4 Å². The molecule has 2 saturated carbocycles. The van der Waals surface area contributed by atoms with Gasteiger partial charge in [0.2, 0.25) is 0 Å². The van der Waals surface area contributed by atoms with E-state index in [4.69, 9.17) is 19.9 Å². The normalized spacial score (nSPS) is 31.3. The zero-order valence-electron chi connectivity index (χ0n) is 31.5. The van der Waals surface area contributed by atoms with Gasteiger partial charge in [0.05, 0.1) is 19.3 Å². The number of carbonyl (C=O) groups is 2. The van der Waals surface area contributed by atoms with Crippen molar-refractivity contribution in [1.29, 1.82) is 0 Å². The predicted octanol–water partition coefficient (Wildman–Crippen LogP) is 1.07. The van der Waals surface area contributed by atoms with Gasteiger partial charge in [0.1, 0.15) is 48.8 Å². The third-order valence-corrected chi connectivity index (χ3v) is 10.8. The van der Waals surface area contributed by atoms with Crippen molar-refractivity contribution in [2.45, 2.75) is 144 Å². The summed E-state index contributed by atoms with van der Waals surface area (Å²) < 4.78 is 16.7. The zero-order chi connectivity index (χ0) is 40.2. The van der Waals surface area contributed by atoms with E-state index in [1.165, 1.54) is 25.7 Å². The summed E-state index contributed by atoms with van der Waals surface area (Å²) in [4.78, 5) is 24.0. The van der Waals surface area contributed by atoms with Crippen LogP contribution >= 0.6 is 0 Å². The second-order valence-corrected chi connectivity index (χ2v) is 15.1. The summed E-state index contributed by atoms with van der Waals surface area (Å²) >= 11 is 0. The molecular formula is C39H59N5O12. The van der Waals surface area contributed by atoms with Crippen LogP contribution in [0, 0.1) is 0 Å². The highest BCUT2D eigenvalue weighted by Gasteiger charge is 2.50. The number of ether oxygens (including phenoxy) is 3. The Balaban J connectivity index is 0.000000293. The molecule has 6 rings (SSSR count). The van der Waals surface area contributed by atoms with Crippen molar-refractivity contribution in [3.63, 3.8) is 0 Å². The zero-order valence-corrected chi connectivity index (χ0v) is 31.5. The van der Waals surface area contributed by atoms with Crippen molar-refractivity contribution < 1.29 is 59.5 Å². The number of aliphatic hydroxyl groups is 7.